The number of anilines is 1. The standard InChI is InChI=1S/C15H18N2O4/c1-3-20-14(18)10(2)16-8-11-9-21-13-7-5-4-6-12(13)17(11)15(16)19/h4-7,10-11H,3,8-9H2,1-2H3. The zero-order valence-electron chi connectivity index (χ0n) is 12.1. The summed E-state index contributed by atoms with van der Waals surface area (Å²) in [4.78, 5) is 27.8. The van der Waals surface area contributed by atoms with Gasteiger partial charge >= 0.3 is 12.0 Å². The molecule has 0 spiro atoms. The summed E-state index contributed by atoms with van der Waals surface area (Å²) in [5, 5.41) is 0. The Kier molecular flexibility index (Phi) is 3.45. The minimum Gasteiger partial charge on any atom is -0.489 e. The Morgan fingerprint density at radius 2 is 2.24 bits per heavy atom. The molecule has 6 nitrogen and oxygen atoms in total. The van der Waals surface area contributed by atoms with Crippen molar-refractivity contribution in [2.75, 3.05) is 24.7 Å². The van der Waals surface area contributed by atoms with Crippen LogP contribution in [0.1, 0.15) is 13.8 Å². The molecular formula is C15H18N2O4. The summed E-state index contributed by atoms with van der Waals surface area (Å²) in [5.41, 5.74) is 0.761. The van der Waals surface area contributed by atoms with E-state index in [4.69, 9.17) is 9.47 Å². The molecule has 0 saturated carbocycles. The average molecular weight is 290 g/mol. The van der Waals surface area contributed by atoms with Crippen LogP contribution in [0.2, 0.25) is 0 Å². The first kappa shape index (κ1) is 13.7. The van der Waals surface area contributed by atoms with Crippen molar-refractivity contribution in [1.29, 1.82) is 0 Å². The van der Waals surface area contributed by atoms with Crippen molar-refractivity contribution in [1.82, 2.24) is 4.90 Å². The van der Waals surface area contributed by atoms with Gasteiger partial charge in [0, 0.05) is 6.54 Å². The molecule has 3 rings (SSSR count). The van der Waals surface area contributed by atoms with Gasteiger partial charge in [0.05, 0.1) is 18.3 Å². The average Bonchev–Trinajstić information content (AvgIpc) is 2.84. The van der Waals surface area contributed by atoms with Gasteiger partial charge in [-0.25, -0.2) is 9.59 Å². The number of benzene rings is 1. The molecule has 21 heavy (non-hydrogen) atoms. The van der Waals surface area contributed by atoms with Crippen LogP contribution in [0.3, 0.4) is 0 Å². The zero-order chi connectivity index (χ0) is 15.0. The molecule has 2 amide bonds. The SMILES string of the molecule is CCOC(=O)C(C)N1CC2COc3ccccc3N2C1=O. The molecule has 0 N–H and O–H groups in total. The van der Waals surface area contributed by atoms with Crippen LogP contribution in [0.25, 0.3) is 0 Å². The number of carbonyl (C=O) groups excluding carboxylic acids is 2. The second-order valence-electron chi connectivity index (χ2n) is 5.17. The predicted molar refractivity (Wildman–Crippen MR) is 76.4 cm³/mol. The lowest BCUT2D eigenvalue weighted by molar-refractivity contribution is -0.147. The maximum absolute atomic E-state index is 12.6. The van der Waals surface area contributed by atoms with Gasteiger partial charge in [-0.2, -0.15) is 0 Å². The molecule has 0 radical (unpaired) electrons. The van der Waals surface area contributed by atoms with Gasteiger partial charge in [-0.05, 0) is 26.0 Å². The Labute approximate surface area is 123 Å². The number of nitrogens with zero attached hydrogens (tertiary/aromatic N) is 2. The molecule has 1 fully saturated rings. The van der Waals surface area contributed by atoms with Gasteiger partial charge < -0.3 is 14.4 Å². The van der Waals surface area contributed by atoms with Crippen molar-refractivity contribution in [3.05, 3.63) is 24.3 Å². The van der Waals surface area contributed by atoms with Gasteiger partial charge in [-0.3, -0.25) is 4.90 Å². The third-order valence-corrected chi connectivity index (χ3v) is 3.88. The Morgan fingerprint density at radius 3 is 3.00 bits per heavy atom. The van der Waals surface area contributed by atoms with Gasteiger partial charge in [0.1, 0.15) is 18.4 Å². The highest BCUT2D eigenvalue weighted by atomic mass is 16.5. The van der Waals surface area contributed by atoms with E-state index in [1.54, 1.807) is 23.6 Å². The number of hydrogen-bond acceptors (Lipinski definition) is 4. The van der Waals surface area contributed by atoms with Crippen LogP contribution in [0, 0.1) is 0 Å². The number of rotatable bonds is 3. The largest absolute Gasteiger partial charge is 0.489 e. The molecule has 2 atom stereocenters. The van der Waals surface area contributed by atoms with Gasteiger partial charge in [-0.15, -0.1) is 0 Å². The van der Waals surface area contributed by atoms with E-state index in [2.05, 4.69) is 0 Å². The second kappa shape index (κ2) is 5.27. The molecule has 1 aromatic carbocycles. The van der Waals surface area contributed by atoms with Crippen LogP contribution in [0.4, 0.5) is 10.5 Å². The third-order valence-electron chi connectivity index (χ3n) is 3.88. The first-order valence-electron chi connectivity index (χ1n) is 7.11. The van der Waals surface area contributed by atoms with Crippen molar-refractivity contribution in [2.45, 2.75) is 25.9 Å². The fourth-order valence-electron chi connectivity index (χ4n) is 2.79. The number of hydrogen-bond donors (Lipinski definition) is 0. The van der Waals surface area contributed by atoms with Gasteiger partial charge in [0.25, 0.3) is 0 Å². The molecule has 0 aromatic heterocycles. The highest BCUT2D eigenvalue weighted by Crippen LogP contribution is 2.37. The number of carbonyl (C=O) groups is 2. The van der Waals surface area contributed by atoms with Gasteiger partial charge in [0.15, 0.2) is 0 Å². The summed E-state index contributed by atoms with van der Waals surface area (Å²) < 4.78 is 10.7. The number of ether oxygens (including phenoxy) is 2. The number of fused-ring (bicyclic) bond motifs is 3. The fraction of sp³-hybridized carbons (Fsp3) is 0.467. The molecule has 2 aliphatic heterocycles. The normalized spacial score (nSPS) is 21.4. The highest BCUT2D eigenvalue weighted by molar-refractivity contribution is 5.99. The van der Waals surface area contributed by atoms with E-state index in [1.807, 2.05) is 24.3 Å². The monoisotopic (exact) mass is 290 g/mol. The Bertz CT molecular complexity index is 575. The van der Waals surface area contributed by atoms with Crippen LogP contribution in [-0.2, 0) is 9.53 Å². The minimum atomic E-state index is -0.588. The van der Waals surface area contributed by atoms with Crippen LogP contribution in [0.15, 0.2) is 24.3 Å². The van der Waals surface area contributed by atoms with Crippen LogP contribution >= 0.6 is 0 Å². The van der Waals surface area contributed by atoms with E-state index in [0.29, 0.717) is 25.5 Å². The quantitative estimate of drug-likeness (QED) is 0.794. The number of para-hydroxylation sites is 2. The topological polar surface area (TPSA) is 59.1 Å². The van der Waals surface area contributed by atoms with Crippen molar-refractivity contribution in [3.8, 4) is 5.75 Å². The lowest BCUT2D eigenvalue weighted by Gasteiger charge is -2.30. The summed E-state index contributed by atoms with van der Waals surface area (Å²) in [6.07, 6.45) is 0. The summed E-state index contributed by atoms with van der Waals surface area (Å²) in [6, 6.07) is 6.62. The molecule has 0 aliphatic carbocycles. The van der Waals surface area contributed by atoms with Crippen molar-refractivity contribution >= 4 is 17.7 Å². The third kappa shape index (κ3) is 2.20. The van der Waals surface area contributed by atoms with E-state index in [0.717, 1.165) is 5.69 Å². The molecule has 2 unspecified atom stereocenters. The fourth-order valence-corrected chi connectivity index (χ4v) is 2.79. The molecule has 1 saturated heterocycles. The lowest BCUT2D eigenvalue weighted by atomic mass is 10.2. The van der Waals surface area contributed by atoms with Gasteiger partial charge in [-0.1, -0.05) is 12.1 Å². The van der Waals surface area contributed by atoms with Crippen molar-refractivity contribution in [3.63, 3.8) is 0 Å². The van der Waals surface area contributed by atoms with Crippen LogP contribution in [-0.4, -0.2) is 48.7 Å². The predicted octanol–water partition coefficient (Wildman–Crippen LogP) is 1.64. The van der Waals surface area contributed by atoms with Crippen molar-refractivity contribution in [2.24, 2.45) is 0 Å². The number of esters is 1. The van der Waals surface area contributed by atoms with Crippen LogP contribution < -0.4 is 9.64 Å². The Hall–Kier alpha value is -2.24. The maximum atomic E-state index is 12.6. The molecule has 2 aliphatic rings. The minimum absolute atomic E-state index is 0.0655. The van der Waals surface area contributed by atoms with E-state index in [1.165, 1.54) is 0 Å². The Balaban J connectivity index is 1.85. The summed E-state index contributed by atoms with van der Waals surface area (Å²) in [7, 11) is 0. The van der Waals surface area contributed by atoms with Crippen molar-refractivity contribution < 1.29 is 19.1 Å². The smallest absolute Gasteiger partial charge is 0.328 e. The van der Waals surface area contributed by atoms with E-state index >= 15 is 0 Å². The molecular weight excluding hydrogens is 272 g/mol. The maximum Gasteiger partial charge on any atom is 0.328 e. The van der Waals surface area contributed by atoms with E-state index in [9.17, 15) is 9.59 Å². The van der Waals surface area contributed by atoms with Crippen LogP contribution in [0.5, 0.6) is 5.75 Å². The summed E-state index contributed by atoms with van der Waals surface area (Å²) in [5.74, 6) is 0.327. The lowest BCUT2D eigenvalue weighted by Crippen LogP contribution is -2.43. The molecule has 0 bridgehead atoms. The molecule has 2 heterocycles. The Morgan fingerprint density at radius 1 is 1.48 bits per heavy atom. The van der Waals surface area contributed by atoms with Gasteiger partial charge in [0.2, 0.25) is 0 Å². The first-order valence-corrected chi connectivity index (χ1v) is 7.11. The van der Waals surface area contributed by atoms with E-state index < -0.39 is 6.04 Å². The molecule has 6 heteroatoms. The number of amides is 2. The summed E-state index contributed by atoms with van der Waals surface area (Å²) in [6.45, 7) is 4.66. The number of urea groups is 1. The second-order valence-corrected chi connectivity index (χ2v) is 5.17. The zero-order valence-corrected chi connectivity index (χ0v) is 12.1. The molecule has 1 aromatic rings. The first-order chi connectivity index (χ1) is 10.1. The highest BCUT2D eigenvalue weighted by Gasteiger charge is 2.45. The molecule has 112 valence electrons. The summed E-state index contributed by atoms with van der Waals surface area (Å²) >= 11 is 0. The van der Waals surface area contributed by atoms with E-state index in [-0.39, 0.29) is 18.0 Å².